The first-order valence-electron chi connectivity index (χ1n) is 8.27. The fraction of sp³-hybridized carbons (Fsp3) is 0.0500. The molecule has 3 heterocycles. The summed E-state index contributed by atoms with van der Waals surface area (Å²) in [7, 11) is 1.27. The SMILES string of the molecule is COC(=O)c1cnc(Cl)nc1-c1cn(C(=O)c2ccccn2)c2ccccc12. The Morgan fingerprint density at radius 2 is 1.86 bits per heavy atom. The van der Waals surface area contributed by atoms with Gasteiger partial charge < -0.3 is 4.74 Å². The van der Waals surface area contributed by atoms with E-state index in [1.807, 2.05) is 18.2 Å². The molecule has 3 aromatic heterocycles. The maximum absolute atomic E-state index is 13.0. The lowest BCUT2D eigenvalue weighted by molar-refractivity contribution is 0.0600. The Morgan fingerprint density at radius 3 is 2.61 bits per heavy atom. The highest BCUT2D eigenvalue weighted by atomic mass is 35.5. The van der Waals surface area contributed by atoms with Crippen molar-refractivity contribution in [2.45, 2.75) is 0 Å². The van der Waals surface area contributed by atoms with Gasteiger partial charge in [0.25, 0.3) is 5.91 Å². The second kappa shape index (κ2) is 7.21. The van der Waals surface area contributed by atoms with Gasteiger partial charge in [0.2, 0.25) is 5.28 Å². The van der Waals surface area contributed by atoms with Crippen molar-refractivity contribution in [3.05, 3.63) is 77.6 Å². The van der Waals surface area contributed by atoms with Crippen molar-refractivity contribution in [1.29, 1.82) is 0 Å². The average molecular weight is 393 g/mol. The van der Waals surface area contributed by atoms with Crippen molar-refractivity contribution in [2.75, 3.05) is 7.11 Å². The molecule has 0 unspecified atom stereocenters. The molecule has 0 radical (unpaired) electrons. The van der Waals surface area contributed by atoms with Gasteiger partial charge in [-0.15, -0.1) is 0 Å². The number of hydrogen-bond acceptors (Lipinski definition) is 6. The van der Waals surface area contributed by atoms with E-state index in [9.17, 15) is 9.59 Å². The molecular formula is C20H13ClN4O3. The van der Waals surface area contributed by atoms with Gasteiger partial charge in [-0.1, -0.05) is 24.3 Å². The quantitative estimate of drug-likeness (QED) is 0.391. The number of carbonyl (C=O) groups excluding carboxylic acids is 2. The molecule has 28 heavy (non-hydrogen) atoms. The number of esters is 1. The third-order valence-electron chi connectivity index (χ3n) is 4.23. The van der Waals surface area contributed by atoms with Crippen molar-refractivity contribution in [3.63, 3.8) is 0 Å². The van der Waals surface area contributed by atoms with Crippen molar-refractivity contribution >= 4 is 34.4 Å². The Balaban J connectivity index is 1.97. The van der Waals surface area contributed by atoms with Gasteiger partial charge in [-0.3, -0.25) is 14.3 Å². The topological polar surface area (TPSA) is 87.0 Å². The highest BCUT2D eigenvalue weighted by molar-refractivity contribution is 6.28. The van der Waals surface area contributed by atoms with Crippen LogP contribution in [0.4, 0.5) is 0 Å². The predicted octanol–water partition coefficient (Wildman–Crippen LogP) is 3.62. The van der Waals surface area contributed by atoms with Gasteiger partial charge in [0.15, 0.2) is 0 Å². The number of carbonyl (C=O) groups is 2. The number of fused-ring (bicyclic) bond motifs is 1. The zero-order valence-corrected chi connectivity index (χ0v) is 15.4. The first kappa shape index (κ1) is 17.8. The Labute approximate surface area is 164 Å². The molecule has 0 amide bonds. The molecule has 4 rings (SSSR count). The molecule has 8 heteroatoms. The molecule has 0 atom stereocenters. The molecule has 0 saturated heterocycles. The van der Waals surface area contributed by atoms with Crippen LogP contribution in [0.5, 0.6) is 0 Å². The number of hydrogen-bond donors (Lipinski definition) is 0. The summed E-state index contributed by atoms with van der Waals surface area (Å²) in [6.07, 6.45) is 4.48. The van der Waals surface area contributed by atoms with Gasteiger partial charge in [-0.2, -0.15) is 0 Å². The number of para-hydroxylation sites is 1. The number of aromatic nitrogens is 4. The molecule has 0 N–H and O–H groups in total. The predicted molar refractivity (Wildman–Crippen MR) is 103 cm³/mol. The minimum Gasteiger partial charge on any atom is -0.465 e. The zero-order valence-electron chi connectivity index (χ0n) is 14.7. The minimum atomic E-state index is -0.598. The second-order valence-corrected chi connectivity index (χ2v) is 6.18. The lowest BCUT2D eigenvalue weighted by atomic mass is 10.1. The summed E-state index contributed by atoms with van der Waals surface area (Å²) in [4.78, 5) is 37.4. The highest BCUT2D eigenvalue weighted by Gasteiger charge is 2.22. The molecule has 1 aromatic carbocycles. The number of benzene rings is 1. The number of pyridine rings is 1. The smallest absolute Gasteiger partial charge is 0.341 e. The van der Waals surface area contributed by atoms with Crippen LogP contribution in [0.3, 0.4) is 0 Å². The number of nitrogens with zero attached hydrogens (tertiary/aromatic N) is 4. The number of ether oxygens (including phenoxy) is 1. The summed E-state index contributed by atoms with van der Waals surface area (Å²) >= 11 is 5.97. The first-order valence-corrected chi connectivity index (χ1v) is 8.65. The molecule has 0 fully saturated rings. The summed E-state index contributed by atoms with van der Waals surface area (Å²) in [5.41, 5.74) is 1.95. The molecule has 0 bridgehead atoms. The van der Waals surface area contributed by atoms with E-state index in [0.717, 1.165) is 5.39 Å². The van der Waals surface area contributed by atoms with E-state index < -0.39 is 5.97 Å². The number of methoxy groups -OCH3 is 1. The van der Waals surface area contributed by atoms with Crippen molar-refractivity contribution in [3.8, 4) is 11.3 Å². The summed E-state index contributed by atoms with van der Waals surface area (Å²) in [6.45, 7) is 0. The lowest BCUT2D eigenvalue weighted by Crippen LogP contribution is -2.12. The van der Waals surface area contributed by atoms with Crippen LogP contribution in [0.2, 0.25) is 5.28 Å². The maximum atomic E-state index is 13.0. The number of rotatable bonds is 3. The Morgan fingerprint density at radius 1 is 1.07 bits per heavy atom. The van der Waals surface area contributed by atoms with Gasteiger partial charge in [0, 0.05) is 29.5 Å². The molecule has 7 nitrogen and oxygen atoms in total. The second-order valence-electron chi connectivity index (χ2n) is 5.84. The standard InChI is InChI=1S/C20H13ClN4O3/c1-28-19(27)13-10-23-20(21)24-17(13)14-11-25(16-8-3-2-6-12(14)16)18(26)15-7-4-5-9-22-15/h2-11H,1H3. The van der Waals surface area contributed by atoms with E-state index >= 15 is 0 Å². The van der Waals surface area contributed by atoms with Crippen LogP contribution in [0.25, 0.3) is 22.2 Å². The molecular weight excluding hydrogens is 380 g/mol. The van der Waals surface area contributed by atoms with Crippen molar-refractivity contribution < 1.29 is 14.3 Å². The third-order valence-corrected chi connectivity index (χ3v) is 4.42. The molecule has 0 aliphatic heterocycles. The van der Waals surface area contributed by atoms with Crippen LogP contribution < -0.4 is 0 Å². The number of halogens is 1. The van der Waals surface area contributed by atoms with Crippen molar-refractivity contribution in [2.24, 2.45) is 0 Å². The molecule has 0 saturated carbocycles. The lowest BCUT2D eigenvalue weighted by Gasteiger charge is -2.06. The normalized spacial score (nSPS) is 10.8. The van der Waals surface area contributed by atoms with Gasteiger partial charge in [0.1, 0.15) is 11.3 Å². The third kappa shape index (κ3) is 3.01. The Kier molecular flexibility index (Phi) is 4.58. The minimum absolute atomic E-state index is 0.0180. The van der Waals surface area contributed by atoms with Crippen molar-refractivity contribution in [1.82, 2.24) is 19.5 Å². The average Bonchev–Trinajstić information content (AvgIpc) is 3.13. The van der Waals surface area contributed by atoms with Gasteiger partial charge in [0.05, 0.1) is 18.3 Å². The zero-order chi connectivity index (χ0) is 19.7. The summed E-state index contributed by atoms with van der Waals surface area (Å²) < 4.78 is 6.30. The fourth-order valence-corrected chi connectivity index (χ4v) is 3.11. The van der Waals surface area contributed by atoms with E-state index in [1.165, 1.54) is 17.9 Å². The Hall–Kier alpha value is -3.58. The van der Waals surface area contributed by atoms with Crippen LogP contribution in [-0.2, 0) is 4.74 Å². The van der Waals surface area contributed by atoms with E-state index in [1.54, 1.807) is 36.7 Å². The summed E-state index contributed by atoms with van der Waals surface area (Å²) in [5, 5.41) is 0.710. The van der Waals surface area contributed by atoms with Gasteiger partial charge >= 0.3 is 5.97 Å². The largest absolute Gasteiger partial charge is 0.465 e. The van der Waals surface area contributed by atoms with Gasteiger partial charge in [-0.25, -0.2) is 14.8 Å². The molecule has 138 valence electrons. The molecule has 0 spiro atoms. The first-order chi connectivity index (χ1) is 13.6. The van der Waals surface area contributed by atoms with E-state index in [-0.39, 0.29) is 22.4 Å². The molecule has 4 aromatic rings. The van der Waals surface area contributed by atoms with E-state index in [2.05, 4.69) is 15.0 Å². The highest BCUT2D eigenvalue weighted by Crippen LogP contribution is 2.32. The van der Waals surface area contributed by atoms with Crippen LogP contribution in [0, 0.1) is 0 Å². The van der Waals surface area contributed by atoms with E-state index in [4.69, 9.17) is 16.3 Å². The molecule has 0 aliphatic carbocycles. The van der Waals surface area contributed by atoms with Crippen LogP contribution in [0.1, 0.15) is 20.8 Å². The Bertz CT molecular complexity index is 1200. The fourth-order valence-electron chi connectivity index (χ4n) is 2.97. The van der Waals surface area contributed by atoms with Crippen LogP contribution in [-0.4, -0.2) is 38.5 Å². The monoisotopic (exact) mass is 392 g/mol. The maximum Gasteiger partial charge on any atom is 0.341 e. The van der Waals surface area contributed by atoms with Crippen LogP contribution >= 0.6 is 11.6 Å². The summed E-state index contributed by atoms with van der Waals surface area (Å²) in [6, 6.07) is 12.4. The van der Waals surface area contributed by atoms with Crippen LogP contribution in [0.15, 0.2) is 61.1 Å². The summed E-state index contributed by atoms with van der Waals surface area (Å²) in [5.74, 6) is -0.901. The van der Waals surface area contributed by atoms with Gasteiger partial charge in [-0.05, 0) is 29.8 Å². The van der Waals surface area contributed by atoms with E-state index in [0.29, 0.717) is 16.8 Å². The molecule has 0 aliphatic rings.